The summed E-state index contributed by atoms with van der Waals surface area (Å²) in [6.07, 6.45) is 4.09. The normalized spacial score (nSPS) is 21.5. The van der Waals surface area contributed by atoms with Crippen molar-refractivity contribution in [2.24, 2.45) is 0 Å². The number of piperidine rings is 1. The lowest BCUT2D eigenvalue weighted by molar-refractivity contribution is 0.0321. The Bertz CT molecular complexity index is 484. The van der Waals surface area contributed by atoms with Gasteiger partial charge in [0.25, 0.3) is 0 Å². The number of nitrogens with zero attached hydrogens (tertiary/aromatic N) is 5. The second kappa shape index (κ2) is 8.04. The van der Waals surface area contributed by atoms with Crippen LogP contribution >= 0.6 is 0 Å². The molecule has 0 spiro atoms. The van der Waals surface area contributed by atoms with Gasteiger partial charge in [0.05, 0.1) is 13.2 Å². The first kappa shape index (κ1) is 16.6. The van der Waals surface area contributed by atoms with Crippen LogP contribution in [0.15, 0.2) is 12.4 Å². The number of hydrogen-bond donors (Lipinski definition) is 0. The summed E-state index contributed by atoms with van der Waals surface area (Å²) in [4.78, 5) is 16.1. The molecule has 23 heavy (non-hydrogen) atoms. The van der Waals surface area contributed by atoms with Crippen LogP contribution in [0.1, 0.15) is 18.5 Å². The Morgan fingerprint density at radius 3 is 2.39 bits per heavy atom. The number of hydrogen-bond acceptors (Lipinski definition) is 6. The fourth-order valence-corrected chi connectivity index (χ4v) is 3.46. The second-order valence-corrected chi connectivity index (χ2v) is 6.66. The molecule has 2 saturated heterocycles. The van der Waals surface area contributed by atoms with E-state index in [4.69, 9.17) is 4.74 Å². The first-order valence-electron chi connectivity index (χ1n) is 8.76. The average molecular weight is 319 g/mol. The van der Waals surface area contributed by atoms with E-state index in [0.29, 0.717) is 6.04 Å². The third-order valence-corrected chi connectivity index (χ3v) is 5.09. The summed E-state index contributed by atoms with van der Waals surface area (Å²) < 4.78 is 5.41. The van der Waals surface area contributed by atoms with Crippen LogP contribution in [0.3, 0.4) is 0 Å². The van der Waals surface area contributed by atoms with Crippen molar-refractivity contribution in [1.29, 1.82) is 0 Å². The first-order chi connectivity index (χ1) is 11.2. The van der Waals surface area contributed by atoms with Gasteiger partial charge in [-0.15, -0.1) is 0 Å². The molecule has 3 rings (SSSR count). The van der Waals surface area contributed by atoms with Crippen molar-refractivity contribution in [1.82, 2.24) is 19.8 Å². The zero-order valence-electron chi connectivity index (χ0n) is 14.4. The molecule has 0 atom stereocenters. The van der Waals surface area contributed by atoms with Gasteiger partial charge in [-0.3, -0.25) is 4.90 Å². The predicted molar refractivity (Wildman–Crippen MR) is 91.9 cm³/mol. The van der Waals surface area contributed by atoms with E-state index in [1.807, 2.05) is 6.92 Å². The van der Waals surface area contributed by atoms with Gasteiger partial charge < -0.3 is 14.5 Å². The summed E-state index contributed by atoms with van der Waals surface area (Å²) in [7, 11) is 2.16. The van der Waals surface area contributed by atoms with Crippen molar-refractivity contribution >= 4 is 5.82 Å². The van der Waals surface area contributed by atoms with Crippen LogP contribution in [0.5, 0.6) is 0 Å². The summed E-state index contributed by atoms with van der Waals surface area (Å²) in [5, 5.41) is 0. The first-order valence-corrected chi connectivity index (χ1v) is 8.76. The lowest BCUT2D eigenvalue weighted by Crippen LogP contribution is -2.47. The molecular weight excluding hydrogens is 290 g/mol. The van der Waals surface area contributed by atoms with E-state index in [1.54, 1.807) is 6.33 Å². The van der Waals surface area contributed by atoms with E-state index < -0.39 is 0 Å². The molecule has 2 aliphatic heterocycles. The van der Waals surface area contributed by atoms with E-state index in [2.05, 4.69) is 37.8 Å². The number of likely N-dealkylation sites (tertiary alicyclic amines) is 1. The molecule has 2 aliphatic rings. The van der Waals surface area contributed by atoms with E-state index in [9.17, 15) is 0 Å². The van der Waals surface area contributed by atoms with Crippen LogP contribution < -0.4 is 4.90 Å². The van der Waals surface area contributed by atoms with Crippen molar-refractivity contribution in [3.63, 3.8) is 0 Å². The standard InChI is InChI=1S/C17H29N5O/c1-15-13-17(19-14-18-15)20(2)16-3-5-21(6-4-16)7-8-22-9-11-23-12-10-22/h13-14,16H,3-12H2,1-2H3. The third-order valence-electron chi connectivity index (χ3n) is 5.09. The summed E-state index contributed by atoms with van der Waals surface area (Å²) in [5.41, 5.74) is 1.03. The molecule has 0 amide bonds. The highest BCUT2D eigenvalue weighted by Crippen LogP contribution is 2.20. The third kappa shape index (κ3) is 4.62. The molecule has 2 fully saturated rings. The molecule has 0 N–H and O–H groups in total. The molecule has 0 bridgehead atoms. The molecule has 0 aliphatic carbocycles. The van der Waals surface area contributed by atoms with Gasteiger partial charge in [0.15, 0.2) is 0 Å². The number of rotatable bonds is 5. The maximum Gasteiger partial charge on any atom is 0.132 e. The van der Waals surface area contributed by atoms with Crippen LogP contribution in [0.25, 0.3) is 0 Å². The second-order valence-electron chi connectivity index (χ2n) is 6.66. The molecule has 128 valence electrons. The van der Waals surface area contributed by atoms with Gasteiger partial charge in [0.1, 0.15) is 12.1 Å². The summed E-state index contributed by atoms with van der Waals surface area (Å²) in [6.45, 7) is 10.7. The summed E-state index contributed by atoms with van der Waals surface area (Å²) in [5.74, 6) is 1.05. The minimum atomic E-state index is 0.587. The molecule has 6 nitrogen and oxygen atoms in total. The molecule has 0 unspecified atom stereocenters. The van der Waals surface area contributed by atoms with Gasteiger partial charge in [-0.05, 0) is 19.8 Å². The van der Waals surface area contributed by atoms with E-state index in [1.165, 1.54) is 39.0 Å². The Morgan fingerprint density at radius 1 is 1.09 bits per heavy atom. The topological polar surface area (TPSA) is 44.7 Å². The Labute approximate surface area is 139 Å². The van der Waals surface area contributed by atoms with Gasteiger partial charge in [-0.2, -0.15) is 0 Å². The number of anilines is 1. The van der Waals surface area contributed by atoms with Gasteiger partial charge in [0, 0.05) is 64.1 Å². The molecule has 0 saturated carbocycles. The number of morpholine rings is 1. The number of aryl methyl sites for hydroxylation is 1. The SMILES string of the molecule is Cc1cc(N(C)C2CCN(CCN3CCOCC3)CC2)ncn1. The maximum atomic E-state index is 5.41. The van der Waals surface area contributed by atoms with Crippen LogP contribution in [0.2, 0.25) is 0 Å². The highest BCUT2D eigenvalue weighted by Gasteiger charge is 2.23. The Balaban J connectivity index is 1.42. The fraction of sp³-hybridized carbons (Fsp3) is 0.765. The smallest absolute Gasteiger partial charge is 0.132 e. The summed E-state index contributed by atoms with van der Waals surface area (Å²) >= 11 is 0. The lowest BCUT2D eigenvalue weighted by atomic mass is 10.0. The predicted octanol–water partition coefficient (Wildman–Crippen LogP) is 1.02. The highest BCUT2D eigenvalue weighted by molar-refractivity contribution is 5.39. The molecular formula is C17H29N5O. The van der Waals surface area contributed by atoms with Crippen molar-refractivity contribution in [2.45, 2.75) is 25.8 Å². The molecule has 0 aromatic carbocycles. The van der Waals surface area contributed by atoms with Crippen molar-refractivity contribution < 1.29 is 4.74 Å². The van der Waals surface area contributed by atoms with Crippen LogP contribution in [-0.4, -0.2) is 85.3 Å². The van der Waals surface area contributed by atoms with Gasteiger partial charge in [0.2, 0.25) is 0 Å². The summed E-state index contributed by atoms with van der Waals surface area (Å²) in [6, 6.07) is 2.66. The Morgan fingerprint density at radius 2 is 1.74 bits per heavy atom. The van der Waals surface area contributed by atoms with Crippen molar-refractivity contribution in [3.8, 4) is 0 Å². The zero-order chi connectivity index (χ0) is 16.1. The van der Waals surface area contributed by atoms with Crippen molar-refractivity contribution in [2.75, 3.05) is 64.4 Å². The molecule has 1 aromatic heterocycles. The zero-order valence-corrected chi connectivity index (χ0v) is 14.4. The van der Waals surface area contributed by atoms with E-state index >= 15 is 0 Å². The van der Waals surface area contributed by atoms with Gasteiger partial charge >= 0.3 is 0 Å². The van der Waals surface area contributed by atoms with E-state index in [0.717, 1.165) is 37.8 Å². The van der Waals surface area contributed by atoms with Crippen LogP contribution in [-0.2, 0) is 4.74 Å². The number of aromatic nitrogens is 2. The quantitative estimate of drug-likeness (QED) is 0.807. The van der Waals surface area contributed by atoms with Gasteiger partial charge in [-0.25, -0.2) is 9.97 Å². The number of ether oxygens (including phenoxy) is 1. The highest BCUT2D eigenvalue weighted by atomic mass is 16.5. The van der Waals surface area contributed by atoms with E-state index in [-0.39, 0.29) is 0 Å². The minimum Gasteiger partial charge on any atom is -0.379 e. The molecule has 6 heteroatoms. The van der Waals surface area contributed by atoms with Crippen molar-refractivity contribution in [3.05, 3.63) is 18.1 Å². The Kier molecular flexibility index (Phi) is 5.80. The van der Waals surface area contributed by atoms with Crippen LogP contribution in [0, 0.1) is 6.92 Å². The maximum absolute atomic E-state index is 5.41. The Hall–Kier alpha value is -1.24. The average Bonchev–Trinajstić information content (AvgIpc) is 2.61. The largest absolute Gasteiger partial charge is 0.379 e. The lowest BCUT2D eigenvalue weighted by Gasteiger charge is -2.38. The molecule has 3 heterocycles. The molecule has 0 radical (unpaired) electrons. The monoisotopic (exact) mass is 319 g/mol. The molecule has 1 aromatic rings. The van der Waals surface area contributed by atoms with Gasteiger partial charge in [-0.1, -0.05) is 0 Å². The minimum absolute atomic E-state index is 0.587. The van der Waals surface area contributed by atoms with Crippen LogP contribution in [0.4, 0.5) is 5.82 Å². The fourth-order valence-electron chi connectivity index (χ4n) is 3.46.